The van der Waals surface area contributed by atoms with Crippen molar-refractivity contribution in [2.45, 2.75) is 17.9 Å². The molecule has 0 saturated heterocycles. The van der Waals surface area contributed by atoms with E-state index in [4.69, 9.17) is 0 Å². The van der Waals surface area contributed by atoms with Crippen molar-refractivity contribution in [3.8, 4) is 0 Å². The van der Waals surface area contributed by atoms with Gasteiger partial charge in [-0.2, -0.15) is 13.2 Å². The minimum atomic E-state index is -4.14. The molecule has 0 aliphatic carbocycles. The lowest BCUT2D eigenvalue weighted by Crippen LogP contribution is -2.25. The number of rotatable bonds is 4. The molecule has 0 amide bonds. The molecular formula is C10H11BrF3N3S. The third kappa shape index (κ3) is 2.80. The van der Waals surface area contributed by atoms with Gasteiger partial charge < -0.3 is 4.90 Å². The van der Waals surface area contributed by atoms with Crippen LogP contribution < -0.4 is 4.90 Å². The number of nitrogens with zero attached hydrogens (tertiary/aromatic N) is 3. The molecule has 2 aromatic heterocycles. The molecular weight excluding hydrogens is 331 g/mol. The molecule has 2 aromatic rings. The maximum absolute atomic E-state index is 12.2. The van der Waals surface area contributed by atoms with Crippen molar-refractivity contribution < 1.29 is 13.2 Å². The first kappa shape index (κ1) is 13.7. The van der Waals surface area contributed by atoms with Crippen LogP contribution >= 0.6 is 27.3 Å². The van der Waals surface area contributed by atoms with Gasteiger partial charge in [0.1, 0.15) is 0 Å². The van der Waals surface area contributed by atoms with E-state index < -0.39 is 12.6 Å². The highest BCUT2D eigenvalue weighted by Gasteiger charge is 2.28. The number of anilines is 1. The second-order valence-corrected chi connectivity index (χ2v) is 5.29. The van der Waals surface area contributed by atoms with E-state index in [2.05, 4.69) is 20.9 Å². The largest absolute Gasteiger partial charge is 0.390 e. The molecule has 0 aliphatic heterocycles. The molecule has 3 nitrogen and oxygen atoms in total. The lowest BCUT2D eigenvalue weighted by molar-refractivity contribution is -0.132. The number of halogens is 4. The van der Waals surface area contributed by atoms with Crippen LogP contribution in [0.1, 0.15) is 12.1 Å². The van der Waals surface area contributed by atoms with Crippen LogP contribution in [0.15, 0.2) is 11.6 Å². The number of thiazole rings is 1. The molecule has 0 N–H and O–H groups in total. The first-order chi connectivity index (χ1) is 8.42. The van der Waals surface area contributed by atoms with Crippen molar-refractivity contribution in [2.75, 3.05) is 18.5 Å². The van der Waals surface area contributed by atoms with Crippen LogP contribution in [-0.4, -0.2) is 29.2 Å². The number of hydrogen-bond acceptors (Lipinski definition) is 3. The van der Waals surface area contributed by atoms with Gasteiger partial charge in [0.25, 0.3) is 0 Å². The van der Waals surface area contributed by atoms with Gasteiger partial charge in [-0.15, -0.1) is 11.3 Å². The third-order valence-electron chi connectivity index (χ3n) is 2.56. The van der Waals surface area contributed by atoms with Gasteiger partial charge in [0.2, 0.25) is 0 Å². The van der Waals surface area contributed by atoms with Gasteiger partial charge in [-0.25, -0.2) is 4.98 Å². The standard InChI is InChI=1S/C10H11BrF3N3S/c1-16(3-2-10(12,13)14)8-7(6-11)17-4-5-18-9(17)15-8/h4-5H,2-3,6H2,1H3. The fourth-order valence-corrected chi connectivity index (χ4v) is 2.90. The van der Waals surface area contributed by atoms with Crippen molar-refractivity contribution in [3.05, 3.63) is 17.3 Å². The highest BCUT2D eigenvalue weighted by atomic mass is 79.9. The molecule has 0 spiro atoms. The van der Waals surface area contributed by atoms with E-state index in [1.807, 2.05) is 16.0 Å². The maximum atomic E-state index is 12.2. The Bertz CT molecular complexity index is 534. The Morgan fingerprint density at radius 2 is 2.22 bits per heavy atom. The second-order valence-electron chi connectivity index (χ2n) is 3.86. The van der Waals surface area contributed by atoms with Crippen molar-refractivity contribution >= 4 is 38.0 Å². The van der Waals surface area contributed by atoms with Crippen LogP contribution in [0.3, 0.4) is 0 Å². The Morgan fingerprint density at radius 1 is 1.50 bits per heavy atom. The summed E-state index contributed by atoms with van der Waals surface area (Å²) in [5.74, 6) is 0.600. The molecule has 0 aromatic carbocycles. The summed E-state index contributed by atoms with van der Waals surface area (Å²) in [6, 6.07) is 0. The average molecular weight is 342 g/mol. The van der Waals surface area contributed by atoms with Gasteiger partial charge in [0.15, 0.2) is 10.8 Å². The Morgan fingerprint density at radius 3 is 2.83 bits per heavy atom. The SMILES string of the molecule is CN(CCC(F)(F)F)c1nc2sccn2c1CBr. The predicted molar refractivity (Wildman–Crippen MR) is 69.6 cm³/mol. The Balaban J connectivity index is 2.21. The van der Waals surface area contributed by atoms with Gasteiger partial charge in [0.05, 0.1) is 12.1 Å². The topological polar surface area (TPSA) is 20.5 Å². The summed E-state index contributed by atoms with van der Waals surface area (Å²) in [7, 11) is 1.63. The highest BCUT2D eigenvalue weighted by Crippen LogP contribution is 2.27. The monoisotopic (exact) mass is 341 g/mol. The number of hydrogen-bond donors (Lipinski definition) is 0. The lowest BCUT2D eigenvalue weighted by Gasteiger charge is -2.18. The van der Waals surface area contributed by atoms with E-state index >= 15 is 0 Å². The van der Waals surface area contributed by atoms with Crippen LogP contribution in [0.25, 0.3) is 4.96 Å². The first-order valence-electron chi connectivity index (χ1n) is 5.20. The number of imidazole rings is 1. The Labute approximate surface area is 114 Å². The number of aromatic nitrogens is 2. The molecule has 0 unspecified atom stereocenters. The molecule has 0 fully saturated rings. The Hall–Kier alpha value is -0.760. The molecule has 0 bridgehead atoms. The molecule has 0 saturated carbocycles. The van der Waals surface area contributed by atoms with Crippen LogP contribution in [0, 0.1) is 0 Å². The van der Waals surface area contributed by atoms with Gasteiger partial charge in [-0.1, -0.05) is 15.9 Å². The molecule has 0 radical (unpaired) electrons. The summed E-state index contributed by atoms with van der Waals surface area (Å²) >= 11 is 4.81. The van der Waals surface area contributed by atoms with E-state index in [1.54, 1.807) is 11.9 Å². The minimum absolute atomic E-state index is 0.0890. The van der Waals surface area contributed by atoms with E-state index in [9.17, 15) is 13.2 Å². The van der Waals surface area contributed by atoms with E-state index in [0.717, 1.165) is 10.7 Å². The summed E-state index contributed by atoms with van der Waals surface area (Å²) in [5.41, 5.74) is 0.871. The molecule has 8 heteroatoms. The molecule has 2 rings (SSSR count). The molecule has 18 heavy (non-hydrogen) atoms. The summed E-state index contributed by atoms with van der Waals surface area (Å²) in [5, 5.41) is 2.45. The summed E-state index contributed by atoms with van der Waals surface area (Å²) in [6.45, 7) is -0.0890. The zero-order valence-corrected chi connectivity index (χ0v) is 11.9. The summed E-state index contributed by atoms with van der Waals surface area (Å²) in [4.78, 5) is 6.69. The predicted octanol–water partition coefficient (Wildman–Crippen LogP) is 3.68. The molecule has 0 atom stereocenters. The fraction of sp³-hybridized carbons (Fsp3) is 0.500. The third-order valence-corrected chi connectivity index (χ3v) is 3.85. The van der Waals surface area contributed by atoms with Crippen LogP contribution in [0.2, 0.25) is 0 Å². The summed E-state index contributed by atoms with van der Waals surface area (Å²) in [6.07, 6.45) is -3.11. The number of fused-ring (bicyclic) bond motifs is 1. The minimum Gasteiger partial charge on any atom is -0.358 e. The fourth-order valence-electron chi connectivity index (χ4n) is 1.65. The summed E-state index contributed by atoms with van der Waals surface area (Å²) < 4.78 is 38.5. The van der Waals surface area contributed by atoms with Crippen LogP contribution in [-0.2, 0) is 5.33 Å². The van der Waals surface area contributed by atoms with Gasteiger partial charge in [0, 0.05) is 30.5 Å². The first-order valence-corrected chi connectivity index (χ1v) is 7.21. The molecule has 100 valence electrons. The van der Waals surface area contributed by atoms with Crippen molar-refractivity contribution in [2.24, 2.45) is 0 Å². The lowest BCUT2D eigenvalue weighted by atomic mass is 10.3. The van der Waals surface area contributed by atoms with Crippen LogP contribution in [0.5, 0.6) is 0 Å². The highest BCUT2D eigenvalue weighted by molar-refractivity contribution is 9.08. The van der Waals surface area contributed by atoms with E-state index in [-0.39, 0.29) is 6.54 Å². The van der Waals surface area contributed by atoms with Crippen molar-refractivity contribution in [1.82, 2.24) is 9.38 Å². The normalized spacial score (nSPS) is 12.3. The Kier molecular flexibility index (Phi) is 3.86. The molecule has 2 heterocycles. The van der Waals surface area contributed by atoms with Crippen molar-refractivity contribution in [1.29, 1.82) is 0 Å². The van der Waals surface area contributed by atoms with Gasteiger partial charge >= 0.3 is 6.18 Å². The maximum Gasteiger partial charge on any atom is 0.390 e. The quantitative estimate of drug-likeness (QED) is 0.790. The zero-order chi connectivity index (χ0) is 13.3. The van der Waals surface area contributed by atoms with Gasteiger partial charge in [-0.3, -0.25) is 4.40 Å². The average Bonchev–Trinajstić information content (AvgIpc) is 2.83. The van der Waals surface area contributed by atoms with Gasteiger partial charge in [-0.05, 0) is 0 Å². The number of alkyl halides is 4. The second kappa shape index (κ2) is 5.08. The van der Waals surface area contributed by atoms with E-state index in [0.29, 0.717) is 11.1 Å². The smallest absolute Gasteiger partial charge is 0.358 e. The molecule has 0 aliphatic rings. The van der Waals surface area contributed by atoms with Crippen molar-refractivity contribution in [3.63, 3.8) is 0 Å². The van der Waals surface area contributed by atoms with E-state index in [1.165, 1.54) is 11.3 Å². The zero-order valence-electron chi connectivity index (χ0n) is 9.54. The van der Waals surface area contributed by atoms with Crippen LogP contribution in [0.4, 0.5) is 19.0 Å².